The average molecular weight is 441 g/mol. The number of aryl methyl sites for hydroxylation is 1. The third kappa shape index (κ3) is 3.85. The van der Waals surface area contributed by atoms with Crippen molar-refractivity contribution in [2.75, 3.05) is 42.6 Å². The number of sulfone groups is 2. The lowest BCUT2D eigenvalue weighted by Crippen LogP contribution is -2.54. The molecular formula is C19H24N2O4S3. The molecule has 0 amide bonds. The first-order valence-corrected chi connectivity index (χ1v) is 13.5. The Labute approximate surface area is 170 Å². The van der Waals surface area contributed by atoms with Gasteiger partial charge in [-0.1, -0.05) is 18.2 Å². The van der Waals surface area contributed by atoms with Gasteiger partial charge in [0, 0.05) is 37.9 Å². The van der Waals surface area contributed by atoms with Crippen molar-refractivity contribution in [1.82, 2.24) is 4.90 Å². The molecule has 0 bridgehead atoms. The zero-order valence-corrected chi connectivity index (χ0v) is 18.1. The minimum absolute atomic E-state index is 0.0767. The maximum atomic E-state index is 13.1. The summed E-state index contributed by atoms with van der Waals surface area (Å²) in [6, 6.07) is 11.1. The number of nitrogens with zero attached hydrogens (tertiary/aromatic N) is 2. The average Bonchev–Trinajstić information content (AvgIpc) is 3.30. The molecule has 9 heteroatoms. The third-order valence-corrected chi connectivity index (χ3v) is 11.1. The Bertz CT molecular complexity index is 1040. The van der Waals surface area contributed by atoms with Gasteiger partial charge in [0.15, 0.2) is 19.7 Å². The van der Waals surface area contributed by atoms with Crippen LogP contribution < -0.4 is 4.90 Å². The largest absolute Gasteiger partial charge is 0.369 e. The highest BCUT2D eigenvalue weighted by Crippen LogP contribution is 2.32. The first-order valence-electron chi connectivity index (χ1n) is 9.30. The second-order valence-corrected chi connectivity index (χ2v) is 13.0. The topological polar surface area (TPSA) is 74.8 Å². The minimum Gasteiger partial charge on any atom is -0.369 e. The molecule has 0 spiro atoms. The number of piperazine rings is 1. The van der Waals surface area contributed by atoms with Gasteiger partial charge < -0.3 is 4.90 Å². The van der Waals surface area contributed by atoms with Gasteiger partial charge in [-0.25, -0.2) is 16.8 Å². The SMILES string of the molecule is Cc1cccc(N2CCN([C@H]3CS(=O)(=O)C[C@@H]3S(=O)(=O)c3cccs3)CC2)c1. The van der Waals surface area contributed by atoms with E-state index in [0.29, 0.717) is 13.1 Å². The van der Waals surface area contributed by atoms with Crippen LogP contribution in [0.15, 0.2) is 46.0 Å². The predicted octanol–water partition coefficient (Wildman–Crippen LogP) is 1.82. The zero-order chi connectivity index (χ0) is 19.9. The second-order valence-electron chi connectivity index (χ2n) is 7.52. The summed E-state index contributed by atoms with van der Waals surface area (Å²) in [7, 11) is -7.02. The highest BCUT2D eigenvalue weighted by atomic mass is 32.2. The number of anilines is 1. The van der Waals surface area contributed by atoms with Gasteiger partial charge in [0.2, 0.25) is 0 Å². The van der Waals surface area contributed by atoms with Crippen LogP contribution in [0.2, 0.25) is 0 Å². The molecule has 0 saturated carbocycles. The smallest absolute Gasteiger partial charge is 0.193 e. The first kappa shape index (κ1) is 19.9. The van der Waals surface area contributed by atoms with Crippen molar-refractivity contribution in [2.24, 2.45) is 0 Å². The van der Waals surface area contributed by atoms with Crippen LogP contribution in [0.1, 0.15) is 5.56 Å². The predicted molar refractivity (Wildman–Crippen MR) is 113 cm³/mol. The fraction of sp³-hybridized carbons (Fsp3) is 0.474. The molecule has 2 aliphatic heterocycles. The Hall–Kier alpha value is -1.42. The molecule has 28 heavy (non-hydrogen) atoms. The van der Waals surface area contributed by atoms with E-state index in [1.807, 2.05) is 6.07 Å². The Kier molecular flexibility index (Phi) is 5.28. The van der Waals surface area contributed by atoms with Crippen LogP contribution in [0.25, 0.3) is 0 Å². The molecule has 2 saturated heterocycles. The van der Waals surface area contributed by atoms with E-state index in [2.05, 4.69) is 34.9 Å². The maximum Gasteiger partial charge on any atom is 0.193 e. The van der Waals surface area contributed by atoms with Gasteiger partial charge in [0.05, 0.1) is 16.8 Å². The molecule has 2 atom stereocenters. The second kappa shape index (κ2) is 7.44. The van der Waals surface area contributed by atoms with Crippen molar-refractivity contribution in [2.45, 2.75) is 22.4 Å². The molecular weight excluding hydrogens is 416 g/mol. The van der Waals surface area contributed by atoms with Gasteiger partial charge in [0.25, 0.3) is 0 Å². The first-order chi connectivity index (χ1) is 13.3. The molecule has 0 radical (unpaired) electrons. The van der Waals surface area contributed by atoms with Crippen molar-refractivity contribution < 1.29 is 16.8 Å². The van der Waals surface area contributed by atoms with E-state index in [1.165, 1.54) is 5.56 Å². The van der Waals surface area contributed by atoms with E-state index in [0.717, 1.165) is 30.1 Å². The van der Waals surface area contributed by atoms with Crippen molar-refractivity contribution in [3.8, 4) is 0 Å². The van der Waals surface area contributed by atoms with Gasteiger partial charge >= 0.3 is 0 Å². The van der Waals surface area contributed by atoms with Crippen LogP contribution in [0, 0.1) is 6.92 Å². The van der Waals surface area contributed by atoms with Crippen LogP contribution in [0.4, 0.5) is 5.69 Å². The van der Waals surface area contributed by atoms with Gasteiger partial charge in [-0.2, -0.15) is 0 Å². The Morgan fingerprint density at radius 3 is 2.43 bits per heavy atom. The molecule has 2 aromatic rings. The lowest BCUT2D eigenvalue weighted by atomic mass is 10.1. The van der Waals surface area contributed by atoms with Crippen LogP contribution in [-0.2, 0) is 19.7 Å². The number of hydrogen-bond acceptors (Lipinski definition) is 7. The molecule has 0 aliphatic carbocycles. The number of hydrogen-bond donors (Lipinski definition) is 0. The van der Waals surface area contributed by atoms with E-state index in [-0.39, 0.29) is 15.7 Å². The number of thiophene rings is 1. The van der Waals surface area contributed by atoms with Gasteiger partial charge in [-0.05, 0) is 36.1 Å². The minimum atomic E-state index is -3.65. The normalized spacial score (nSPS) is 25.8. The van der Waals surface area contributed by atoms with Crippen LogP contribution in [-0.4, -0.2) is 70.7 Å². The highest BCUT2D eigenvalue weighted by Gasteiger charge is 2.48. The van der Waals surface area contributed by atoms with Gasteiger partial charge in [0.1, 0.15) is 4.21 Å². The Morgan fingerprint density at radius 1 is 1.04 bits per heavy atom. The highest BCUT2D eigenvalue weighted by molar-refractivity contribution is 7.97. The number of rotatable bonds is 4. The molecule has 1 aromatic carbocycles. The monoisotopic (exact) mass is 440 g/mol. The summed E-state index contributed by atoms with van der Waals surface area (Å²) in [5, 5.41) is 0.827. The summed E-state index contributed by atoms with van der Waals surface area (Å²) in [5.74, 6) is -0.358. The van der Waals surface area contributed by atoms with E-state index in [4.69, 9.17) is 0 Å². The quantitative estimate of drug-likeness (QED) is 0.722. The molecule has 152 valence electrons. The van der Waals surface area contributed by atoms with Crippen molar-refractivity contribution in [1.29, 1.82) is 0 Å². The Balaban J connectivity index is 1.53. The molecule has 4 rings (SSSR count). The van der Waals surface area contributed by atoms with Crippen molar-refractivity contribution in [3.63, 3.8) is 0 Å². The molecule has 0 unspecified atom stereocenters. The fourth-order valence-corrected chi connectivity index (χ4v) is 10.2. The summed E-state index contributed by atoms with van der Waals surface area (Å²) < 4.78 is 51.1. The zero-order valence-electron chi connectivity index (χ0n) is 15.7. The van der Waals surface area contributed by atoms with E-state index < -0.39 is 31.0 Å². The van der Waals surface area contributed by atoms with Crippen molar-refractivity contribution in [3.05, 3.63) is 47.3 Å². The Morgan fingerprint density at radius 2 is 1.79 bits per heavy atom. The standard InChI is InChI=1S/C19H24N2O4S3/c1-15-4-2-5-16(12-15)20-7-9-21(10-8-20)17-13-27(22,23)14-18(17)28(24,25)19-6-3-11-26-19/h2-6,11-12,17-18H,7-10,13-14H2,1H3/t17-,18-/m0/s1. The van der Waals surface area contributed by atoms with E-state index in [1.54, 1.807) is 17.5 Å². The summed E-state index contributed by atoms with van der Waals surface area (Å²) >= 11 is 1.16. The molecule has 3 heterocycles. The molecule has 1 aromatic heterocycles. The summed E-state index contributed by atoms with van der Waals surface area (Å²) in [6.07, 6.45) is 0. The fourth-order valence-electron chi connectivity index (χ4n) is 4.14. The van der Waals surface area contributed by atoms with Gasteiger partial charge in [-0.3, -0.25) is 4.90 Å². The molecule has 2 aliphatic rings. The van der Waals surface area contributed by atoms with Gasteiger partial charge in [-0.15, -0.1) is 11.3 Å². The van der Waals surface area contributed by atoms with E-state index >= 15 is 0 Å². The maximum absolute atomic E-state index is 13.1. The number of benzene rings is 1. The van der Waals surface area contributed by atoms with Crippen molar-refractivity contribution >= 4 is 36.7 Å². The molecule has 2 fully saturated rings. The van der Waals surface area contributed by atoms with Crippen LogP contribution >= 0.6 is 11.3 Å². The van der Waals surface area contributed by atoms with Crippen LogP contribution in [0.5, 0.6) is 0 Å². The summed E-state index contributed by atoms with van der Waals surface area (Å²) in [4.78, 5) is 4.34. The lowest BCUT2D eigenvalue weighted by Gasteiger charge is -2.40. The molecule has 6 nitrogen and oxygen atoms in total. The lowest BCUT2D eigenvalue weighted by molar-refractivity contribution is 0.202. The molecule has 0 N–H and O–H groups in total. The van der Waals surface area contributed by atoms with Crippen LogP contribution in [0.3, 0.4) is 0 Å². The summed E-state index contributed by atoms with van der Waals surface area (Å²) in [6.45, 7) is 4.88. The van der Waals surface area contributed by atoms with E-state index in [9.17, 15) is 16.8 Å². The third-order valence-electron chi connectivity index (χ3n) is 5.60. The summed E-state index contributed by atoms with van der Waals surface area (Å²) in [5.41, 5.74) is 2.35.